The third kappa shape index (κ3) is 3.25. The minimum absolute atomic E-state index is 0. The standard InChI is InChI=1S/C13H15N3.ClH/c1-9-3-5-11(6-4-9)13-15-10(2)7-12(8-14)16-13;/h3-7H,8,14H2,1-2H3;1H. The maximum Gasteiger partial charge on any atom is 0.159 e. The number of hydrogen-bond donors (Lipinski definition) is 1. The topological polar surface area (TPSA) is 51.8 Å². The van der Waals surface area contributed by atoms with Gasteiger partial charge in [-0.1, -0.05) is 29.8 Å². The second-order valence-electron chi connectivity index (χ2n) is 3.89. The van der Waals surface area contributed by atoms with Crippen molar-refractivity contribution in [3.63, 3.8) is 0 Å². The van der Waals surface area contributed by atoms with Gasteiger partial charge in [0.25, 0.3) is 0 Å². The van der Waals surface area contributed by atoms with Crippen LogP contribution in [0.2, 0.25) is 0 Å². The molecule has 0 fully saturated rings. The molecule has 0 atom stereocenters. The van der Waals surface area contributed by atoms with Gasteiger partial charge in [-0.3, -0.25) is 0 Å². The van der Waals surface area contributed by atoms with Gasteiger partial charge >= 0.3 is 0 Å². The first-order chi connectivity index (χ1) is 7.69. The average Bonchev–Trinajstić information content (AvgIpc) is 2.29. The van der Waals surface area contributed by atoms with Crippen LogP contribution in [0.5, 0.6) is 0 Å². The third-order valence-corrected chi connectivity index (χ3v) is 2.43. The molecule has 0 unspecified atom stereocenters. The van der Waals surface area contributed by atoms with Crippen molar-refractivity contribution in [1.82, 2.24) is 9.97 Å². The summed E-state index contributed by atoms with van der Waals surface area (Å²) in [5.74, 6) is 0.750. The van der Waals surface area contributed by atoms with Gasteiger partial charge < -0.3 is 5.73 Å². The van der Waals surface area contributed by atoms with Crippen LogP contribution in [-0.2, 0) is 6.54 Å². The van der Waals surface area contributed by atoms with Crippen LogP contribution in [0.4, 0.5) is 0 Å². The fraction of sp³-hybridized carbons (Fsp3) is 0.231. The second kappa shape index (κ2) is 5.75. The molecular weight excluding hydrogens is 234 g/mol. The van der Waals surface area contributed by atoms with Crippen molar-refractivity contribution in [1.29, 1.82) is 0 Å². The van der Waals surface area contributed by atoms with E-state index in [1.807, 2.05) is 25.1 Å². The molecule has 0 spiro atoms. The molecule has 17 heavy (non-hydrogen) atoms. The van der Waals surface area contributed by atoms with Gasteiger partial charge in [0.05, 0.1) is 5.69 Å². The number of rotatable bonds is 2. The monoisotopic (exact) mass is 249 g/mol. The van der Waals surface area contributed by atoms with E-state index in [1.165, 1.54) is 5.56 Å². The fourth-order valence-corrected chi connectivity index (χ4v) is 1.57. The number of benzene rings is 1. The summed E-state index contributed by atoms with van der Waals surface area (Å²) in [5.41, 5.74) is 9.69. The van der Waals surface area contributed by atoms with E-state index < -0.39 is 0 Å². The zero-order valence-electron chi connectivity index (χ0n) is 9.97. The second-order valence-corrected chi connectivity index (χ2v) is 3.89. The largest absolute Gasteiger partial charge is 0.325 e. The van der Waals surface area contributed by atoms with Crippen molar-refractivity contribution in [2.75, 3.05) is 0 Å². The number of aromatic nitrogens is 2. The molecule has 0 aliphatic carbocycles. The highest BCUT2D eigenvalue weighted by Crippen LogP contribution is 2.16. The van der Waals surface area contributed by atoms with E-state index >= 15 is 0 Å². The van der Waals surface area contributed by atoms with E-state index in [0.717, 1.165) is 22.8 Å². The Morgan fingerprint density at radius 1 is 1.06 bits per heavy atom. The van der Waals surface area contributed by atoms with Gasteiger partial charge in [0, 0.05) is 17.8 Å². The zero-order chi connectivity index (χ0) is 11.5. The van der Waals surface area contributed by atoms with E-state index in [0.29, 0.717) is 6.54 Å². The lowest BCUT2D eigenvalue weighted by atomic mass is 10.1. The van der Waals surface area contributed by atoms with Crippen molar-refractivity contribution in [2.24, 2.45) is 5.73 Å². The molecule has 1 aromatic heterocycles. The first kappa shape index (κ1) is 13.6. The Bertz CT molecular complexity index is 495. The lowest BCUT2D eigenvalue weighted by Gasteiger charge is -2.04. The summed E-state index contributed by atoms with van der Waals surface area (Å²) in [6.07, 6.45) is 0. The van der Waals surface area contributed by atoms with Crippen LogP contribution >= 0.6 is 12.4 Å². The van der Waals surface area contributed by atoms with Gasteiger partial charge in [-0.2, -0.15) is 0 Å². The van der Waals surface area contributed by atoms with Crippen molar-refractivity contribution < 1.29 is 0 Å². The van der Waals surface area contributed by atoms with Crippen molar-refractivity contribution in [2.45, 2.75) is 20.4 Å². The summed E-state index contributed by atoms with van der Waals surface area (Å²) in [6, 6.07) is 10.1. The Hall–Kier alpha value is -1.45. The smallest absolute Gasteiger partial charge is 0.159 e. The Kier molecular flexibility index (Phi) is 4.61. The Labute approximate surface area is 108 Å². The predicted octanol–water partition coefficient (Wildman–Crippen LogP) is 2.64. The van der Waals surface area contributed by atoms with Gasteiger partial charge in [-0.15, -0.1) is 12.4 Å². The van der Waals surface area contributed by atoms with Crippen molar-refractivity contribution in [3.8, 4) is 11.4 Å². The zero-order valence-corrected chi connectivity index (χ0v) is 10.8. The number of nitrogens with zero attached hydrogens (tertiary/aromatic N) is 2. The molecule has 90 valence electrons. The van der Waals surface area contributed by atoms with E-state index in [1.54, 1.807) is 0 Å². The molecule has 1 aromatic carbocycles. The molecule has 0 aliphatic rings. The van der Waals surface area contributed by atoms with Crippen LogP contribution in [0, 0.1) is 13.8 Å². The Balaban J connectivity index is 0.00000144. The molecule has 0 bridgehead atoms. The first-order valence-electron chi connectivity index (χ1n) is 5.30. The van der Waals surface area contributed by atoms with Crippen LogP contribution in [0.3, 0.4) is 0 Å². The van der Waals surface area contributed by atoms with Gasteiger partial charge in [0.15, 0.2) is 5.82 Å². The molecule has 0 saturated heterocycles. The molecular formula is C13H16ClN3. The molecule has 2 aromatic rings. The van der Waals surface area contributed by atoms with Gasteiger partial charge in [-0.05, 0) is 19.9 Å². The molecule has 0 radical (unpaired) electrons. The van der Waals surface area contributed by atoms with Crippen LogP contribution < -0.4 is 5.73 Å². The molecule has 2 rings (SSSR count). The minimum atomic E-state index is 0. The van der Waals surface area contributed by atoms with Crippen LogP contribution in [-0.4, -0.2) is 9.97 Å². The van der Waals surface area contributed by atoms with Crippen LogP contribution in [0.1, 0.15) is 17.0 Å². The van der Waals surface area contributed by atoms with E-state index in [9.17, 15) is 0 Å². The molecule has 2 N–H and O–H groups in total. The summed E-state index contributed by atoms with van der Waals surface area (Å²) in [7, 11) is 0. The van der Waals surface area contributed by atoms with Crippen molar-refractivity contribution >= 4 is 12.4 Å². The van der Waals surface area contributed by atoms with E-state index in [4.69, 9.17) is 5.73 Å². The third-order valence-electron chi connectivity index (χ3n) is 2.43. The quantitative estimate of drug-likeness (QED) is 0.890. The average molecular weight is 250 g/mol. The molecule has 1 heterocycles. The SMILES string of the molecule is Cc1ccc(-c2nc(C)cc(CN)n2)cc1.Cl. The van der Waals surface area contributed by atoms with Gasteiger partial charge in [-0.25, -0.2) is 9.97 Å². The molecule has 0 aliphatic heterocycles. The summed E-state index contributed by atoms with van der Waals surface area (Å²) in [5, 5.41) is 0. The van der Waals surface area contributed by atoms with Crippen LogP contribution in [0.15, 0.2) is 30.3 Å². The lowest BCUT2D eigenvalue weighted by Crippen LogP contribution is -2.03. The normalized spacial score (nSPS) is 9.82. The lowest BCUT2D eigenvalue weighted by molar-refractivity contribution is 0.953. The molecule has 4 heteroatoms. The summed E-state index contributed by atoms with van der Waals surface area (Å²) in [4.78, 5) is 8.83. The summed E-state index contributed by atoms with van der Waals surface area (Å²) in [6.45, 7) is 4.47. The van der Waals surface area contributed by atoms with Gasteiger partial charge in [0.2, 0.25) is 0 Å². The maximum absolute atomic E-state index is 5.60. The number of nitrogens with two attached hydrogens (primary N) is 1. The number of hydrogen-bond acceptors (Lipinski definition) is 3. The number of halogens is 1. The predicted molar refractivity (Wildman–Crippen MR) is 72.1 cm³/mol. The molecule has 0 amide bonds. The summed E-state index contributed by atoms with van der Waals surface area (Å²) >= 11 is 0. The fourth-order valence-electron chi connectivity index (χ4n) is 1.57. The van der Waals surface area contributed by atoms with Gasteiger partial charge in [0.1, 0.15) is 0 Å². The Morgan fingerprint density at radius 3 is 2.29 bits per heavy atom. The minimum Gasteiger partial charge on any atom is -0.325 e. The first-order valence-corrected chi connectivity index (χ1v) is 5.30. The Morgan fingerprint density at radius 2 is 1.71 bits per heavy atom. The maximum atomic E-state index is 5.60. The van der Waals surface area contributed by atoms with E-state index in [2.05, 4.69) is 29.0 Å². The van der Waals surface area contributed by atoms with E-state index in [-0.39, 0.29) is 12.4 Å². The highest BCUT2D eigenvalue weighted by Gasteiger charge is 2.03. The molecule has 0 saturated carbocycles. The van der Waals surface area contributed by atoms with Crippen molar-refractivity contribution in [3.05, 3.63) is 47.3 Å². The molecule has 3 nitrogen and oxygen atoms in total. The number of aryl methyl sites for hydroxylation is 2. The van der Waals surface area contributed by atoms with Crippen LogP contribution in [0.25, 0.3) is 11.4 Å². The summed E-state index contributed by atoms with van der Waals surface area (Å²) < 4.78 is 0. The highest BCUT2D eigenvalue weighted by molar-refractivity contribution is 5.85. The highest BCUT2D eigenvalue weighted by atomic mass is 35.5.